The summed E-state index contributed by atoms with van der Waals surface area (Å²) >= 11 is 0. The van der Waals surface area contributed by atoms with Crippen molar-refractivity contribution in [3.63, 3.8) is 0 Å². The zero-order valence-electron chi connectivity index (χ0n) is 15.5. The largest absolute Gasteiger partial charge is 0.493 e. The van der Waals surface area contributed by atoms with Crippen molar-refractivity contribution in [1.82, 2.24) is 15.4 Å². The SMILES string of the molecule is Cc1cc(CNC(=O)C2CCN(C(=O)CCOc3ccccc3)CC2)on1. The minimum absolute atomic E-state index is 0.00330. The summed E-state index contributed by atoms with van der Waals surface area (Å²) in [7, 11) is 0. The average Bonchev–Trinajstić information content (AvgIpc) is 3.12. The average molecular weight is 371 g/mol. The second kappa shape index (κ2) is 9.21. The predicted molar refractivity (Wildman–Crippen MR) is 98.9 cm³/mol. The number of amides is 2. The lowest BCUT2D eigenvalue weighted by molar-refractivity contribution is -0.136. The van der Waals surface area contributed by atoms with Crippen LogP contribution in [0.15, 0.2) is 40.9 Å². The zero-order valence-corrected chi connectivity index (χ0v) is 15.5. The van der Waals surface area contributed by atoms with E-state index in [-0.39, 0.29) is 17.7 Å². The standard InChI is InChI=1S/C20H25N3O4/c1-15-13-18(27-22-15)14-21-20(25)16-7-10-23(11-8-16)19(24)9-12-26-17-5-3-2-4-6-17/h2-6,13,16H,7-12,14H2,1H3,(H,21,25). The Morgan fingerprint density at radius 3 is 2.67 bits per heavy atom. The van der Waals surface area contributed by atoms with Gasteiger partial charge in [0.1, 0.15) is 5.75 Å². The van der Waals surface area contributed by atoms with Gasteiger partial charge in [-0.05, 0) is 31.9 Å². The zero-order chi connectivity index (χ0) is 19.1. The molecular formula is C20H25N3O4. The molecule has 1 saturated heterocycles. The van der Waals surface area contributed by atoms with Gasteiger partial charge >= 0.3 is 0 Å². The number of likely N-dealkylation sites (tertiary alicyclic amines) is 1. The van der Waals surface area contributed by atoms with Gasteiger partial charge < -0.3 is 19.5 Å². The van der Waals surface area contributed by atoms with Crippen LogP contribution in [0.4, 0.5) is 0 Å². The molecule has 0 radical (unpaired) electrons. The van der Waals surface area contributed by atoms with Crippen LogP contribution in [0, 0.1) is 12.8 Å². The minimum atomic E-state index is -0.0707. The first-order valence-corrected chi connectivity index (χ1v) is 9.27. The van der Waals surface area contributed by atoms with Gasteiger partial charge in [-0.1, -0.05) is 23.4 Å². The van der Waals surface area contributed by atoms with Gasteiger partial charge in [-0.3, -0.25) is 9.59 Å². The third-order valence-corrected chi connectivity index (χ3v) is 4.66. The fraction of sp³-hybridized carbons (Fsp3) is 0.450. The van der Waals surface area contributed by atoms with Crippen LogP contribution in [-0.2, 0) is 16.1 Å². The third-order valence-electron chi connectivity index (χ3n) is 4.66. The Balaban J connectivity index is 1.35. The van der Waals surface area contributed by atoms with Crippen molar-refractivity contribution in [3.05, 3.63) is 47.9 Å². The van der Waals surface area contributed by atoms with E-state index < -0.39 is 0 Å². The summed E-state index contributed by atoms with van der Waals surface area (Å²) in [6.45, 7) is 3.75. The second-order valence-electron chi connectivity index (χ2n) is 6.72. The number of hydrogen-bond donors (Lipinski definition) is 1. The van der Waals surface area contributed by atoms with E-state index in [4.69, 9.17) is 9.26 Å². The molecule has 1 aliphatic rings. The van der Waals surface area contributed by atoms with E-state index in [2.05, 4.69) is 10.5 Å². The van der Waals surface area contributed by atoms with Crippen molar-refractivity contribution < 1.29 is 18.8 Å². The molecule has 144 valence electrons. The molecule has 0 spiro atoms. The Kier molecular flexibility index (Phi) is 6.46. The highest BCUT2D eigenvalue weighted by atomic mass is 16.5. The Bertz CT molecular complexity index is 752. The quantitative estimate of drug-likeness (QED) is 0.807. The fourth-order valence-electron chi connectivity index (χ4n) is 3.14. The summed E-state index contributed by atoms with van der Waals surface area (Å²) in [6.07, 6.45) is 1.69. The van der Waals surface area contributed by atoms with Crippen LogP contribution in [0.5, 0.6) is 5.75 Å². The normalized spacial score (nSPS) is 14.8. The van der Waals surface area contributed by atoms with Crippen LogP contribution in [-0.4, -0.2) is 41.6 Å². The van der Waals surface area contributed by atoms with Crippen LogP contribution < -0.4 is 10.1 Å². The van der Waals surface area contributed by atoms with E-state index in [9.17, 15) is 9.59 Å². The maximum absolute atomic E-state index is 12.3. The molecule has 0 unspecified atom stereocenters. The molecule has 1 fully saturated rings. The maximum atomic E-state index is 12.3. The molecule has 1 aromatic heterocycles. The number of nitrogens with one attached hydrogen (secondary N) is 1. The molecule has 7 heteroatoms. The number of hydrogen-bond acceptors (Lipinski definition) is 5. The van der Waals surface area contributed by atoms with Crippen LogP contribution in [0.25, 0.3) is 0 Å². The smallest absolute Gasteiger partial charge is 0.225 e. The first-order chi connectivity index (χ1) is 13.1. The number of aryl methyl sites for hydroxylation is 1. The number of carbonyl (C=O) groups is 2. The Hall–Kier alpha value is -2.83. The highest BCUT2D eigenvalue weighted by Crippen LogP contribution is 2.18. The highest BCUT2D eigenvalue weighted by Gasteiger charge is 2.27. The number of benzene rings is 1. The first kappa shape index (κ1) is 18.9. The van der Waals surface area contributed by atoms with Crippen molar-refractivity contribution in [2.45, 2.75) is 32.7 Å². The van der Waals surface area contributed by atoms with Gasteiger partial charge in [-0.15, -0.1) is 0 Å². The van der Waals surface area contributed by atoms with Crippen LogP contribution in [0.3, 0.4) is 0 Å². The van der Waals surface area contributed by atoms with Gasteiger partial charge in [0.25, 0.3) is 0 Å². The molecule has 0 atom stereocenters. The summed E-state index contributed by atoms with van der Waals surface area (Å²) in [5, 5.41) is 6.68. The number of piperidine rings is 1. The molecule has 0 aliphatic carbocycles. The van der Waals surface area contributed by atoms with E-state index in [1.54, 1.807) is 6.07 Å². The summed E-state index contributed by atoms with van der Waals surface area (Å²) in [4.78, 5) is 26.4. The molecule has 2 heterocycles. The maximum Gasteiger partial charge on any atom is 0.225 e. The van der Waals surface area contributed by atoms with Crippen LogP contribution in [0.2, 0.25) is 0 Å². The molecule has 3 rings (SSSR count). The summed E-state index contributed by atoms with van der Waals surface area (Å²) in [5.41, 5.74) is 0.794. The summed E-state index contributed by atoms with van der Waals surface area (Å²) in [6, 6.07) is 11.3. The lowest BCUT2D eigenvalue weighted by Crippen LogP contribution is -2.43. The number of carbonyl (C=O) groups excluding carboxylic acids is 2. The van der Waals surface area contributed by atoms with Gasteiger partial charge in [-0.2, -0.15) is 0 Å². The first-order valence-electron chi connectivity index (χ1n) is 9.27. The van der Waals surface area contributed by atoms with Crippen molar-refractivity contribution >= 4 is 11.8 Å². The van der Waals surface area contributed by atoms with Gasteiger partial charge in [0.15, 0.2) is 5.76 Å². The lowest BCUT2D eigenvalue weighted by atomic mass is 9.95. The van der Waals surface area contributed by atoms with Crippen LogP contribution >= 0.6 is 0 Å². The fourth-order valence-corrected chi connectivity index (χ4v) is 3.14. The number of aromatic nitrogens is 1. The Morgan fingerprint density at radius 1 is 1.26 bits per heavy atom. The summed E-state index contributed by atoms with van der Waals surface area (Å²) in [5.74, 6) is 1.42. The molecule has 7 nitrogen and oxygen atoms in total. The van der Waals surface area contributed by atoms with Crippen molar-refractivity contribution in [3.8, 4) is 5.75 Å². The van der Waals surface area contributed by atoms with Gasteiger partial charge in [0.05, 0.1) is 25.3 Å². The lowest BCUT2D eigenvalue weighted by Gasteiger charge is -2.31. The van der Waals surface area contributed by atoms with Gasteiger partial charge in [-0.25, -0.2) is 0 Å². The molecule has 2 amide bonds. The number of rotatable bonds is 7. The van der Waals surface area contributed by atoms with E-state index in [1.165, 1.54) is 0 Å². The predicted octanol–water partition coefficient (Wildman–Crippen LogP) is 2.31. The van der Waals surface area contributed by atoms with Crippen LogP contribution in [0.1, 0.15) is 30.7 Å². The number of nitrogens with zero attached hydrogens (tertiary/aromatic N) is 2. The monoisotopic (exact) mass is 371 g/mol. The van der Waals surface area contributed by atoms with E-state index in [0.717, 1.165) is 11.4 Å². The van der Waals surface area contributed by atoms with Crippen molar-refractivity contribution in [1.29, 1.82) is 0 Å². The number of para-hydroxylation sites is 1. The molecular weight excluding hydrogens is 346 g/mol. The molecule has 2 aromatic rings. The molecule has 27 heavy (non-hydrogen) atoms. The molecule has 1 aromatic carbocycles. The molecule has 1 aliphatic heterocycles. The Morgan fingerprint density at radius 2 is 2.00 bits per heavy atom. The molecule has 1 N–H and O–H groups in total. The van der Waals surface area contributed by atoms with Gasteiger partial charge in [0, 0.05) is 25.1 Å². The minimum Gasteiger partial charge on any atom is -0.493 e. The second-order valence-corrected chi connectivity index (χ2v) is 6.72. The van der Waals surface area contributed by atoms with Crippen molar-refractivity contribution in [2.75, 3.05) is 19.7 Å². The highest BCUT2D eigenvalue weighted by molar-refractivity contribution is 5.80. The third kappa shape index (κ3) is 5.57. The number of ether oxygens (including phenoxy) is 1. The van der Waals surface area contributed by atoms with Crippen molar-refractivity contribution in [2.24, 2.45) is 5.92 Å². The Labute approximate surface area is 158 Å². The van der Waals surface area contributed by atoms with E-state index in [0.29, 0.717) is 51.3 Å². The van der Waals surface area contributed by atoms with Gasteiger partial charge in [0.2, 0.25) is 11.8 Å². The topological polar surface area (TPSA) is 84.7 Å². The summed E-state index contributed by atoms with van der Waals surface area (Å²) < 4.78 is 10.7. The molecule has 0 saturated carbocycles. The molecule has 0 bridgehead atoms. The van der Waals surface area contributed by atoms with E-state index in [1.807, 2.05) is 42.2 Å². The van der Waals surface area contributed by atoms with E-state index >= 15 is 0 Å².